The smallest absolute Gasteiger partial charge is 0.221 e. The van der Waals surface area contributed by atoms with Gasteiger partial charge in [-0.25, -0.2) is 0 Å². The van der Waals surface area contributed by atoms with Gasteiger partial charge in [0.05, 0.1) is 18.0 Å². The summed E-state index contributed by atoms with van der Waals surface area (Å²) in [5, 5.41) is 5.91. The number of primary amides is 1. The van der Waals surface area contributed by atoms with E-state index < -0.39 is 0 Å². The van der Waals surface area contributed by atoms with E-state index in [0.29, 0.717) is 6.04 Å². The minimum Gasteiger partial charge on any atom is -0.369 e. The molecule has 2 aromatic rings. The van der Waals surface area contributed by atoms with Crippen LogP contribution in [0.3, 0.4) is 0 Å². The van der Waals surface area contributed by atoms with E-state index in [-0.39, 0.29) is 12.3 Å². The number of benzene rings is 1. The zero-order valence-corrected chi connectivity index (χ0v) is 13.4. The number of nitrogens with two attached hydrogens (primary N) is 1. The van der Waals surface area contributed by atoms with Crippen molar-refractivity contribution < 1.29 is 4.79 Å². The molecule has 1 amide bonds. The number of hydrogen-bond acceptors (Lipinski definition) is 3. The lowest BCUT2D eigenvalue weighted by atomic mass is 9.89. The van der Waals surface area contributed by atoms with E-state index in [1.165, 1.54) is 38.6 Å². The van der Waals surface area contributed by atoms with E-state index in [9.17, 15) is 4.79 Å². The molecule has 2 N–H and O–H groups in total. The van der Waals surface area contributed by atoms with Gasteiger partial charge >= 0.3 is 0 Å². The van der Waals surface area contributed by atoms with E-state index in [1.807, 2.05) is 12.1 Å². The standard InChI is InChI=1S/C18H24N4O/c19-17(23)10-13-4-1-5-14-11-22(20-18(13)14)16-8-3-9-21(12-16)15-6-2-7-15/h1,4-5,11,15-16H,2-3,6-10,12H2,(H2,19,23). The molecular formula is C18H24N4O. The molecular weight excluding hydrogens is 288 g/mol. The van der Waals surface area contributed by atoms with E-state index >= 15 is 0 Å². The average molecular weight is 312 g/mol. The number of aromatic nitrogens is 2. The number of likely N-dealkylation sites (tertiary alicyclic amines) is 1. The Bertz CT molecular complexity index is 719. The van der Waals surface area contributed by atoms with Crippen molar-refractivity contribution in [2.24, 2.45) is 5.73 Å². The lowest BCUT2D eigenvalue weighted by Gasteiger charge is -2.42. The largest absolute Gasteiger partial charge is 0.369 e. The van der Waals surface area contributed by atoms with Crippen molar-refractivity contribution in [1.29, 1.82) is 0 Å². The molecule has 1 aliphatic carbocycles. The monoisotopic (exact) mass is 312 g/mol. The first-order valence-electron chi connectivity index (χ1n) is 8.70. The van der Waals surface area contributed by atoms with Gasteiger partial charge in [-0.15, -0.1) is 0 Å². The molecule has 0 radical (unpaired) electrons. The Balaban J connectivity index is 1.59. The second kappa shape index (κ2) is 5.96. The lowest BCUT2D eigenvalue weighted by molar-refractivity contribution is -0.117. The van der Waals surface area contributed by atoms with Crippen LogP contribution in [0.5, 0.6) is 0 Å². The number of fused-ring (bicyclic) bond motifs is 1. The van der Waals surface area contributed by atoms with Gasteiger partial charge in [0.1, 0.15) is 0 Å². The molecule has 23 heavy (non-hydrogen) atoms. The van der Waals surface area contributed by atoms with Crippen LogP contribution in [0.2, 0.25) is 0 Å². The maximum atomic E-state index is 11.3. The van der Waals surface area contributed by atoms with Crippen molar-refractivity contribution >= 4 is 16.8 Å². The Morgan fingerprint density at radius 1 is 1.22 bits per heavy atom. The number of amides is 1. The van der Waals surface area contributed by atoms with Crippen LogP contribution in [0.1, 0.15) is 43.7 Å². The molecule has 2 aliphatic rings. The molecule has 1 aliphatic heterocycles. The molecule has 2 heterocycles. The van der Waals surface area contributed by atoms with Crippen LogP contribution in [0.4, 0.5) is 0 Å². The number of hydrogen-bond donors (Lipinski definition) is 1. The van der Waals surface area contributed by atoms with Gasteiger partial charge in [0, 0.05) is 24.2 Å². The van der Waals surface area contributed by atoms with Crippen LogP contribution in [0, 0.1) is 0 Å². The van der Waals surface area contributed by atoms with E-state index in [4.69, 9.17) is 10.8 Å². The molecule has 5 nitrogen and oxygen atoms in total. The summed E-state index contributed by atoms with van der Waals surface area (Å²) in [7, 11) is 0. The fourth-order valence-corrected chi connectivity index (χ4v) is 3.92. The number of rotatable bonds is 4. The van der Waals surface area contributed by atoms with Gasteiger partial charge in [0.25, 0.3) is 0 Å². The molecule has 1 aromatic carbocycles. The highest BCUT2D eigenvalue weighted by Gasteiger charge is 2.30. The van der Waals surface area contributed by atoms with Gasteiger partial charge in [0.15, 0.2) is 0 Å². The van der Waals surface area contributed by atoms with Gasteiger partial charge in [-0.1, -0.05) is 24.6 Å². The Hall–Kier alpha value is -1.88. The number of nitrogens with zero attached hydrogens (tertiary/aromatic N) is 3. The van der Waals surface area contributed by atoms with Crippen LogP contribution in [-0.4, -0.2) is 39.7 Å². The first-order valence-corrected chi connectivity index (χ1v) is 8.70. The molecule has 1 saturated carbocycles. The highest BCUT2D eigenvalue weighted by atomic mass is 16.1. The summed E-state index contributed by atoms with van der Waals surface area (Å²) < 4.78 is 2.12. The van der Waals surface area contributed by atoms with E-state index in [0.717, 1.165) is 29.1 Å². The minimum atomic E-state index is -0.305. The summed E-state index contributed by atoms with van der Waals surface area (Å²) in [6.07, 6.45) is 8.91. The molecule has 2 fully saturated rings. The van der Waals surface area contributed by atoms with E-state index in [2.05, 4.69) is 21.8 Å². The number of piperidine rings is 1. The van der Waals surface area contributed by atoms with Gasteiger partial charge in [-0.2, -0.15) is 5.10 Å². The second-order valence-electron chi connectivity index (χ2n) is 6.98. The lowest BCUT2D eigenvalue weighted by Crippen LogP contribution is -2.46. The molecule has 5 heteroatoms. The van der Waals surface area contributed by atoms with E-state index in [1.54, 1.807) is 0 Å². The maximum Gasteiger partial charge on any atom is 0.221 e. The fourth-order valence-electron chi connectivity index (χ4n) is 3.92. The summed E-state index contributed by atoms with van der Waals surface area (Å²) in [5.41, 5.74) is 7.21. The molecule has 122 valence electrons. The molecule has 1 unspecified atom stereocenters. The van der Waals surface area contributed by atoms with Crippen LogP contribution in [0.15, 0.2) is 24.4 Å². The third-order valence-corrected chi connectivity index (χ3v) is 5.40. The molecule has 0 bridgehead atoms. The maximum absolute atomic E-state index is 11.3. The second-order valence-corrected chi connectivity index (χ2v) is 6.98. The van der Waals surface area contributed by atoms with Crippen molar-refractivity contribution in [2.45, 2.75) is 50.6 Å². The van der Waals surface area contributed by atoms with Crippen LogP contribution in [0.25, 0.3) is 10.9 Å². The fraction of sp³-hybridized carbons (Fsp3) is 0.556. The first-order chi connectivity index (χ1) is 11.2. The van der Waals surface area contributed by atoms with Gasteiger partial charge in [-0.3, -0.25) is 14.4 Å². The molecule has 4 rings (SSSR count). The summed E-state index contributed by atoms with van der Waals surface area (Å²) in [5.74, 6) is -0.305. The zero-order chi connectivity index (χ0) is 15.8. The summed E-state index contributed by atoms with van der Waals surface area (Å²) in [6, 6.07) is 7.24. The summed E-state index contributed by atoms with van der Waals surface area (Å²) >= 11 is 0. The van der Waals surface area contributed by atoms with Crippen molar-refractivity contribution in [2.75, 3.05) is 13.1 Å². The SMILES string of the molecule is NC(=O)Cc1cccc2cn(C3CCCN(C4CCC4)C3)nc12. The molecule has 0 spiro atoms. The van der Waals surface area contributed by atoms with Gasteiger partial charge in [-0.05, 0) is 37.8 Å². The van der Waals surface area contributed by atoms with Crippen LogP contribution in [-0.2, 0) is 11.2 Å². The highest BCUT2D eigenvalue weighted by Crippen LogP contribution is 2.31. The van der Waals surface area contributed by atoms with Crippen molar-refractivity contribution in [3.05, 3.63) is 30.0 Å². The van der Waals surface area contributed by atoms with Crippen LogP contribution >= 0.6 is 0 Å². The zero-order valence-electron chi connectivity index (χ0n) is 13.4. The van der Waals surface area contributed by atoms with Crippen LogP contribution < -0.4 is 5.73 Å². The van der Waals surface area contributed by atoms with Crippen molar-refractivity contribution in [1.82, 2.24) is 14.7 Å². The quantitative estimate of drug-likeness (QED) is 0.942. The normalized spacial score (nSPS) is 23.0. The Morgan fingerprint density at radius 2 is 2.04 bits per heavy atom. The van der Waals surface area contributed by atoms with Gasteiger partial charge in [0.2, 0.25) is 5.91 Å². The predicted molar refractivity (Wildman–Crippen MR) is 90.1 cm³/mol. The van der Waals surface area contributed by atoms with Gasteiger partial charge < -0.3 is 5.73 Å². The minimum absolute atomic E-state index is 0.257. The Kier molecular flexibility index (Phi) is 3.81. The summed E-state index contributed by atoms with van der Waals surface area (Å²) in [6.45, 7) is 2.33. The number of carbonyl (C=O) groups excluding carboxylic acids is 1. The first kappa shape index (κ1) is 14.7. The third-order valence-electron chi connectivity index (χ3n) is 5.40. The average Bonchev–Trinajstić information content (AvgIpc) is 2.90. The Morgan fingerprint density at radius 3 is 2.78 bits per heavy atom. The summed E-state index contributed by atoms with van der Waals surface area (Å²) in [4.78, 5) is 13.9. The third kappa shape index (κ3) is 2.85. The molecule has 1 saturated heterocycles. The predicted octanol–water partition coefficient (Wildman–Crippen LogP) is 2.25. The Labute approximate surface area is 136 Å². The molecule has 1 atom stereocenters. The van der Waals surface area contributed by atoms with Crippen molar-refractivity contribution in [3.8, 4) is 0 Å². The molecule has 1 aromatic heterocycles. The van der Waals surface area contributed by atoms with Crippen molar-refractivity contribution in [3.63, 3.8) is 0 Å². The number of carbonyl (C=O) groups is 1. The topological polar surface area (TPSA) is 64.2 Å². The highest BCUT2D eigenvalue weighted by molar-refractivity contribution is 5.86.